The van der Waals surface area contributed by atoms with Gasteiger partial charge in [-0.2, -0.15) is 0 Å². The molecule has 0 spiro atoms. The molecule has 7 rings (SSSR count). The first-order valence-corrected chi connectivity index (χ1v) is 15.6. The molecule has 2 aliphatic carbocycles. The first-order chi connectivity index (χ1) is 19.5. The molecule has 13 heteroatoms. The second-order valence-corrected chi connectivity index (χ2v) is 12.5. The largest absolute Gasteiger partial charge is 0.375 e. The van der Waals surface area contributed by atoms with Crippen molar-refractivity contribution >= 4 is 127 Å². The van der Waals surface area contributed by atoms with Crippen LogP contribution in [0, 0.1) is 0 Å². The van der Waals surface area contributed by atoms with Gasteiger partial charge in [0.25, 0.3) is 5.91 Å². The van der Waals surface area contributed by atoms with E-state index in [4.69, 9.17) is 5.73 Å². The lowest BCUT2D eigenvalue weighted by Crippen LogP contribution is -2.28. The van der Waals surface area contributed by atoms with Gasteiger partial charge >= 0.3 is 0 Å². The number of carbonyl (C=O) groups excluding carboxylic acids is 1. The van der Waals surface area contributed by atoms with E-state index in [0.29, 0.717) is 27.9 Å². The lowest BCUT2D eigenvalue weighted by molar-refractivity contribution is 0.102. The van der Waals surface area contributed by atoms with Crippen LogP contribution < -0.4 is 21.7 Å². The number of carbonyl (C=O) groups is 1. The highest BCUT2D eigenvalue weighted by atomic mass is 79.9. The maximum atomic E-state index is 12.3. The Morgan fingerprint density at radius 3 is 1.77 bits per heavy atom. The highest BCUT2D eigenvalue weighted by Gasteiger charge is 2.23. The van der Waals surface area contributed by atoms with Gasteiger partial charge in [0.05, 0.1) is 20.4 Å². The SMILES string of the molecule is Br.Br.Br.Br.CCN[C@@H]1Cc2cc3nc(N)sc3cc2C1.CCN[C@@H]1Cc2cc3nc(NC(=O)c4ccccc4)sc3cc2C1.[HH]. The number of aromatic nitrogens is 2. The van der Waals surface area contributed by atoms with E-state index in [2.05, 4.69) is 64.0 Å². The number of benzene rings is 3. The molecular weight excluding hydrogens is 856 g/mol. The van der Waals surface area contributed by atoms with Gasteiger partial charge in [0.15, 0.2) is 10.3 Å². The van der Waals surface area contributed by atoms with Crippen LogP contribution in [-0.2, 0) is 25.7 Å². The predicted octanol–water partition coefficient (Wildman–Crippen LogP) is 8.14. The first kappa shape index (κ1) is 38.7. The number of likely N-dealkylation sites (N-methyl/N-ethyl adjacent to an activating group) is 2. The maximum Gasteiger partial charge on any atom is 0.257 e. The molecule has 2 aromatic heterocycles. The monoisotopic (exact) mass is 892 g/mol. The number of hydrogen-bond acceptors (Lipinski definition) is 8. The van der Waals surface area contributed by atoms with E-state index >= 15 is 0 Å². The Morgan fingerprint density at radius 2 is 1.25 bits per heavy atom. The summed E-state index contributed by atoms with van der Waals surface area (Å²) >= 11 is 3.12. The van der Waals surface area contributed by atoms with Crippen molar-refractivity contribution in [3.05, 3.63) is 82.4 Å². The van der Waals surface area contributed by atoms with Crippen molar-refractivity contribution in [2.45, 2.75) is 51.6 Å². The molecule has 0 saturated heterocycles. The van der Waals surface area contributed by atoms with Crippen LogP contribution in [0.5, 0.6) is 0 Å². The highest BCUT2D eigenvalue weighted by Crippen LogP contribution is 2.33. The Balaban J connectivity index is 0.000000429. The van der Waals surface area contributed by atoms with Gasteiger partial charge in [-0.25, -0.2) is 9.97 Å². The third kappa shape index (κ3) is 8.87. The molecule has 0 fully saturated rings. The zero-order chi connectivity index (χ0) is 27.6. The Bertz CT molecular complexity index is 1600. The Labute approximate surface area is 309 Å². The number of anilines is 2. The Morgan fingerprint density at radius 1 is 0.773 bits per heavy atom. The summed E-state index contributed by atoms with van der Waals surface area (Å²) in [6.45, 7) is 6.34. The van der Waals surface area contributed by atoms with Crippen molar-refractivity contribution in [1.29, 1.82) is 0 Å². The standard InChI is InChI=1S/C19H19N3OS.C12H15N3S.4BrH.H2/c1-2-20-15-8-13-10-16-17(11-14(13)9-15)24-19(21-16)22-18(23)12-6-4-3-5-7-12;1-2-14-9-3-7-5-10-11(6-8(7)4-9)16-12(13)15-10;;;;;/h3-7,10-11,15,20H,2,8-9H2,1H3,(H,21,22,23);5-6,9,14H,2-4H2,1H3,(H2,13,15);5*1H/t15-;9-;;;;;/m11...../s1. The molecule has 0 aliphatic heterocycles. The molecule has 2 aliphatic rings. The maximum absolute atomic E-state index is 12.3. The number of nitrogens with zero attached hydrogens (tertiary/aromatic N) is 2. The second kappa shape index (κ2) is 17.5. The minimum absolute atomic E-state index is 0. The molecule has 2 atom stereocenters. The van der Waals surface area contributed by atoms with Gasteiger partial charge in [0.2, 0.25) is 0 Å². The van der Waals surface area contributed by atoms with Gasteiger partial charge in [0.1, 0.15) is 0 Å². The molecule has 0 saturated carbocycles. The zero-order valence-electron chi connectivity index (χ0n) is 24.4. The van der Waals surface area contributed by atoms with Gasteiger partial charge in [0, 0.05) is 19.1 Å². The van der Waals surface area contributed by atoms with Gasteiger partial charge in [-0.1, -0.05) is 54.7 Å². The minimum Gasteiger partial charge on any atom is -0.375 e. The molecule has 5 N–H and O–H groups in total. The fourth-order valence-electron chi connectivity index (χ4n) is 5.78. The molecule has 0 unspecified atom stereocenters. The van der Waals surface area contributed by atoms with Crippen molar-refractivity contribution in [1.82, 2.24) is 20.6 Å². The highest BCUT2D eigenvalue weighted by molar-refractivity contribution is 8.93. The van der Waals surface area contributed by atoms with E-state index in [9.17, 15) is 4.79 Å². The molecule has 1 amide bonds. The van der Waals surface area contributed by atoms with Crippen molar-refractivity contribution in [3.8, 4) is 0 Å². The third-order valence-electron chi connectivity index (χ3n) is 7.54. The zero-order valence-corrected chi connectivity index (χ0v) is 32.9. The molecule has 5 aromatic rings. The normalized spacial score (nSPS) is 15.9. The van der Waals surface area contributed by atoms with Crippen LogP contribution in [0.1, 0.15) is 47.9 Å². The number of hydrogen-bond donors (Lipinski definition) is 4. The van der Waals surface area contributed by atoms with Crippen molar-refractivity contribution in [2.75, 3.05) is 24.1 Å². The number of nitrogen functional groups attached to an aromatic ring is 1. The molecule has 0 radical (unpaired) electrons. The van der Waals surface area contributed by atoms with E-state index in [0.717, 1.165) is 54.5 Å². The Hall–Kier alpha value is -1.45. The number of nitrogens with two attached hydrogens (primary N) is 1. The summed E-state index contributed by atoms with van der Waals surface area (Å²) in [5, 5.41) is 11.3. The summed E-state index contributed by atoms with van der Waals surface area (Å²) in [4.78, 5) is 21.2. The van der Waals surface area contributed by atoms with Gasteiger partial charge in [-0.05, 0) is 97.4 Å². The van der Waals surface area contributed by atoms with Gasteiger partial charge < -0.3 is 16.4 Å². The number of rotatable bonds is 6. The van der Waals surface area contributed by atoms with E-state index in [-0.39, 0.29) is 75.3 Å². The summed E-state index contributed by atoms with van der Waals surface area (Å²) in [5.41, 5.74) is 14.1. The smallest absolute Gasteiger partial charge is 0.257 e. The van der Waals surface area contributed by atoms with Crippen molar-refractivity contribution < 1.29 is 6.22 Å². The lowest BCUT2D eigenvalue weighted by atomic mass is 10.1. The third-order valence-corrected chi connectivity index (χ3v) is 9.32. The van der Waals surface area contributed by atoms with Crippen LogP contribution >= 0.6 is 90.6 Å². The summed E-state index contributed by atoms with van der Waals surface area (Å²) in [6.07, 6.45) is 4.39. The van der Waals surface area contributed by atoms with Crippen LogP contribution in [0.15, 0.2) is 54.6 Å². The van der Waals surface area contributed by atoms with Crippen LogP contribution in [0.25, 0.3) is 20.4 Å². The topological polar surface area (TPSA) is 105 Å². The molecule has 44 heavy (non-hydrogen) atoms. The molecule has 7 nitrogen and oxygen atoms in total. The van der Waals surface area contributed by atoms with Crippen LogP contribution in [-0.4, -0.2) is 41.0 Å². The molecule has 2 heterocycles. The van der Waals surface area contributed by atoms with Crippen molar-refractivity contribution in [3.63, 3.8) is 0 Å². The number of fused-ring (bicyclic) bond motifs is 4. The Kier molecular flexibility index (Phi) is 15.4. The van der Waals surface area contributed by atoms with E-state index < -0.39 is 0 Å². The summed E-state index contributed by atoms with van der Waals surface area (Å²) in [5.74, 6) is -0.116. The number of amides is 1. The first-order valence-electron chi connectivity index (χ1n) is 13.9. The molecule has 3 aromatic carbocycles. The molecule has 240 valence electrons. The molecule has 0 bridgehead atoms. The van der Waals surface area contributed by atoms with Gasteiger partial charge in [-0.3, -0.25) is 10.1 Å². The second-order valence-electron chi connectivity index (χ2n) is 10.4. The summed E-state index contributed by atoms with van der Waals surface area (Å²) < 4.78 is 2.35. The molecular formula is C31H40Br4N6OS2. The van der Waals surface area contributed by atoms with E-state index in [1.165, 1.54) is 38.3 Å². The number of thiazole rings is 2. The lowest BCUT2D eigenvalue weighted by Gasteiger charge is -2.08. The van der Waals surface area contributed by atoms with Crippen LogP contribution in [0.4, 0.5) is 10.3 Å². The minimum atomic E-state index is -0.116. The van der Waals surface area contributed by atoms with E-state index in [1.807, 2.05) is 18.2 Å². The average molecular weight is 896 g/mol. The number of nitrogens with one attached hydrogen (secondary N) is 3. The van der Waals surface area contributed by atoms with Crippen LogP contribution in [0.2, 0.25) is 0 Å². The number of halogens is 4. The van der Waals surface area contributed by atoms with Crippen molar-refractivity contribution in [2.24, 2.45) is 0 Å². The average Bonchev–Trinajstić information content (AvgIpc) is 3.70. The quantitative estimate of drug-likeness (QED) is 0.137. The van der Waals surface area contributed by atoms with Gasteiger partial charge in [-0.15, -0.1) is 67.9 Å². The fourth-order valence-corrected chi connectivity index (χ4v) is 7.47. The summed E-state index contributed by atoms with van der Waals surface area (Å²) in [6, 6.07) is 19.2. The summed E-state index contributed by atoms with van der Waals surface area (Å²) in [7, 11) is 0. The van der Waals surface area contributed by atoms with Crippen LogP contribution in [0.3, 0.4) is 0 Å². The fraction of sp³-hybridized carbons (Fsp3) is 0.323. The predicted molar refractivity (Wildman–Crippen MR) is 211 cm³/mol. The van der Waals surface area contributed by atoms with E-state index in [1.54, 1.807) is 23.5 Å².